The number of aliphatic imine (C=N–C) groups is 2. The van der Waals surface area contributed by atoms with Crippen LogP contribution in [-0.2, 0) is 29.3 Å². The molecule has 3 heteroatoms. The first-order valence-electron chi connectivity index (χ1n) is 25.2. The largest absolute Gasteiger partial charge is 0.255 e. The molecule has 0 aliphatic heterocycles. The SMILES string of the molecule is CCCCCCCCCCCCCCCCCCCCCCCCC=Cc1cccc(N=CC(CCCCC)=Nc2cc(CCCCC)cc(CCCCC)c2)c1.[Ni]. The first-order chi connectivity index (χ1) is 28.2. The van der Waals surface area contributed by atoms with Crippen LogP contribution in [0.1, 0.15) is 256 Å². The minimum atomic E-state index is 0. The van der Waals surface area contributed by atoms with Crippen LogP contribution in [0.4, 0.5) is 11.4 Å². The summed E-state index contributed by atoms with van der Waals surface area (Å²) in [5.74, 6) is 0. The molecule has 2 aromatic carbocycles. The topological polar surface area (TPSA) is 24.7 Å². The maximum absolute atomic E-state index is 5.24. The molecule has 0 radical (unpaired) electrons. The molecule has 0 fully saturated rings. The van der Waals surface area contributed by atoms with Gasteiger partial charge in [0.1, 0.15) is 0 Å². The molecule has 332 valence electrons. The van der Waals surface area contributed by atoms with E-state index < -0.39 is 0 Å². The zero-order valence-corrected chi connectivity index (χ0v) is 39.7. The number of benzene rings is 2. The van der Waals surface area contributed by atoms with Gasteiger partial charge in [-0.15, -0.1) is 0 Å². The van der Waals surface area contributed by atoms with Gasteiger partial charge >= 0.3 is 0 Å². The Hall–Kier alpha value is -1.99. The Kier molecular flexibility index (Phi) is 37.7. The van der Waals surface area contributed by atoms with Crippen LogP contribution >= 0.6 is 0 Å². The van der Waals surface area contributed by atoms with Crippen LogP contribution in [0.5, 0.6) is 0 Å². The van der Waals surface area contributed by atoms with Crippen molar-refractivity contribution in [2.24, 2.45) is 9.98 Å². The quantitative estimate of drug-likeness (QED) is 0.0364. The van der Waals surface area contributed by atoms with Crippen LogP contribution in [0.15, 0.2) is 58.5 Å². The Labute approximate surface area is 371 Å². The van der Waals surface area contributed by atoms with E-state index in [0.29, 0.717) is 0 Å². The summed E-state index contributed by atoms with van der Waals surface area (Å²) in [6.07, 6.45) is 54.0. The molecule has 0 spiro atoms. The fourth-order valence-electron chi connectivity index (χ4n) is 8.07. The predicted molar refractivity (Wildman–Crippen MR) is 260 cm³/mol. The number of unbranched alkanes of at least 4 members (excludes halogenated alkanes) is 28. The molecule has 0 aliphatic rings. The van der Waals surface area contributed by atoms with Crippen molar-refractivity contribution in [1.82, 2.24) is 0 Å². The van der Waals surface area contributed by atoms with Crippen LogP contribution in [0, 0.1) is 0 Å². The molecule has 2 rings (SSSR count). The summed E-state index contributed by atoms with van der Waals surface area (Å²) in [7, 11) is 0. The predicted octanol–water partition coefficient (Wildman–Crippen LogP) is 19.2. The molecule has 0 saturated heterocycles. The molecule has 2 aromatic rings. The smallest absolute Gasteiger partial charge is 0.0639 e. The summed E-state index contributed by atoms with van der Waals surface area (Å²) >= 11 is 0. The fraction of sp³-hybridized carbons (Fsp3) is 0.709. The summed E-state index contributed by atoms with van der Waals surface area (Å²) in [6.45, 7) is 9.15. The van der Waals surface area contributed by atoms with Gasteiger partial charge in [0.25, 0.3) is 0 Å². The fourth-order valence-corrected chi connectivity index (χ4v) is 8.07. The third kappa shape index (κ3) is 31.0. The van der Waals surface area contributed by atoms with Crippen LogP contribution in [-0.4, -0.2) is 11.9 Å². The van der Waals surface area contributed by atoms with E-state index in [9.17, 15) is 0 Å². The molecule has 0 bridgehead atoms. The molecular weight excluding hydrogens is 747 g/mol. The van der Waals surface area contributed by atoms with E-state index in [2.05, 4.69) is 82.3 Å². The minimum absolute atomic E-state index is 0. The number of hydrogen-bond donors (Lipinski definition) is 0. The first-order valence-corrected chi connectivity index (χ1v) is 25.2. The van der Waals surface area contributed by atoms with E-state index in [4.69, 9.17) is 9.98 Å². The standard InChI is InChI=1S/C55H92N2.Ni/c1-5-9-13-14-15-16-17-18-19-20-21-22-23-24-25-26-27-28-29-30-31-32-33-37-39-50-42-38-44-53(46-50)56-49-54(43-36-12-8-4)57-55-47-51(40-34-10-6-2)45-52(48-55)41-35-11-7-3;/h37-39,42,44-49H,5-36,40-41,43H2,1-4H3;. The second-order valence-corrected chi connectivity index (χ2v) is 17.5. The van der Waals surface area contributed by atoms with E-state index in [1.165, 1.54) is 216 Å². The third-order valence-electron chi connectivity index (χ3n) is 11.8. The first kappa shape index (κ1) is 54.0. The summed E-state index contributed by atoms with van der Waals surface area (Å²) in [5.41, 5.74) is 7.35. The number of nitrogens with zero attached hydrogens (tertiary/aromatic N) is 2. The number of allylic oxidation sites excluding steroid dienone is 1. The molecule has 0 heterocycles. The third-order valence-corrected chi connectivity index (χ3v) is 11.8. The van der Waals surface area contributed by atoms with Crippen molar-refractivity contribution in [2.75, 3.05) is 0 Å². The van der Waals surface area contributed by atoms with Crippen molar-refractivity contribution in [1.29, 1.82) is 0 Å². The zero-order valence-electron chi connectivity index (χ0n) is 38.7. The van der Waals surface area contributed by atoms with Crippen molar-refractivity contribution in [2.45, 2.75) is 252 Å². The van der Waals surface area contributed by atoms with Gasteiger partial charge in [0.2, 0.25) is 0 Å². The normalized spacial score (nSPS) is 12.0. The van der Waals surface area contributed by atoms with Crippen molar-refractivity contribution < 1.29 is 16.5 Å². The molecule has 0 N–H and O–H groups in total. The van der Waals surface area contributed by atoms with Crippen LogP contribution in [0.25, 0.3) is 6.08 Å². The molecule has 0 aliphatic carbocycles. The van der Waals surface area contributed by atoms with E-state index in [-0.39, 0.29) is 16.5 Å². The van der Waals surface area contributed by atoms with Gasteiger partial charge in [0, 0.05) is 22.7 Å². The zero-order chi connectivity index (χ0) is 40.7. The number of hydrogen-bond acceptors (Lipinski definition) is 2. The Morgan fingerprint density at radius 1 is 0.448 bits per heavy atom. The molecule has 0 atom stereocenters. The second kappa shape index (κ2) is 40.4. The summed E-state index contributed by atoms with van der Waals surface area (Å²) < 4.78 is 0. The molecule has 58 heavy (non-hydrogen) atoms. The van der Waals surface area contributed by atoms with Gasteiger partial charge in [0.15, 0.2) is 0 Å². The van der Waals surface area contributed by atoms with Crippen LogP contribution < -0.4 is 0 Å². The summed E-state index contributed by atoms with van der Waals surface area (Å²) in [6, 6.07) is 15.8. The molecule has 0 unspecified atom stereocenters. The average molecular weight is 840 g/mol. The van der Waals surface area contributed by atoms with Gasteiger partial charge < -0.3 is 0 Å². The molecular formula is C55H92N2Ni. The Morgan fingerprint density at radius 2 is 0.879 bits per heavy atom. The van der Waals surface area contributed by atoms with E-state index in [0.717, 1.165) is 42.8 Å². The summed E-state index contributed by atoms with van der Waals surface area (Å²) in [4.78, 5) is 10.2. The van der Waals surface area contributed by atoms with Crippen molar-refractivity contribution in [3.8, 4) is 0 Å². The van der Waals surface area contributed by atoms with E-state index in [1.807, 2.05) is 6.21 Å². The molecule has 2 nitrogen and oxygen atoms in total. The van der Waals surface area contributed by atoms with E-state index >= 15 is 0 Å². The maximum atomic E-state index is 5.24. The van der Waals surface area contributed by atoms with Gasteiger partial charge in [-0.3, -0.25) is 9.98 Å². The van der Waals surface area contributed by atoms with Crippen LogP contribution in [0.2, 0.25) is 0 Å². The maximum Gasteiger partial charge on any atom is 0.0639 e. The summed E-state index contributed by atoms with van der Waals surface area (Å²) in [5, 5.41) is 0. The number of aryl methyl sites for hydroxylation is 2. The Balaban J connectivity index is 0.0000168. The Morgan fingerprint density at radius 3 is 1.36 bits per heavy atom. The van der Waals surface area contributed by atoms with Crippen LogP contribution in [0.3, 0.4) is 0 Å². The van der Waals surface area contributed by atoms with Crippen molar-refractivity contribution in [3.05, 3.63) is 65.2 Å². The van der Waals surface area contributed by atoms with E-state index in [1.54, 1.807) is 0 Å². The van der Waals surface area contributed by atoms with Crippen molar-refractivity contribution >= 4 is 29.4 Å². The molecule has 0 saturated carbocycles. The molecule has 0 amide bonds. The van der Waals surface area contributed by atoms with Gasteiger partial charge in [-0.1, -0.05) is 231 Å². The average Bonchev–Trinajstić information content (AvgIpc) is 3.22. The van der Waals surface area contributed by atoms with Gasteiger partial charge in [0.05, 0.1) is 17.1 Å². The van der Waals surface area contributed by atoms with Gasteiger partial charge in [-0.2, -0.15) is 0 Å². The number of rotatable bonds is 39. The Bertz CT molecular complexity index is 1260. The minimum Gasteiger partial charge on any atom is -0.255 e. The molecule has 0 aromatic heterocycles. The van der Waals surface area contributed by atoms with Gasteiger partial charge in [-0.05, 0) is 92.3 Å². The van der Waals surface area contributed by atoms with Crippen molar-refractivity contribution in [3.63, 3.8) is 0 Å². The van der Waals surface area contributed by atoms with Gasteiger partial charge in [-0.25, -0.2) is 0 Å². The second-order valence-electron chi connectivity index (χ2n) is 17.5. The monoisotopic (exact) mass is 839 g/mol.